The van der Waals surface area contributed by atoms with Gasteiger partial charge in [-0.3, -0.25) is 14.2 Å². The van der Waals surface area contributed by atoms with Gasteiger partial charge in [0.15, 0.2) is 0 Å². The fourth-order valence-electron chi connectivity index (χ4n) is 4.35. The number of carbonyl (C=O) groups is 1. The van der Waals surface area contributed by atoms with Crippen LogP contribution >= 0.6 is 11.3 Å². The number of rotatable bonds is 9. The summed E-state index contributed by atoms with van der Waals surface area (Å²) in [5.41, 5.74) is -2.04. The Morgan fingerprint density at radius 2 is 1.88 bits per heavy atom. The number of ether oxygens (including phenoxy) is 1. The molecule has 1 amide bonds. The Morgan fingerprint density at radius 1 is 1.20 bits per heavy atom. The van der Waals surface area contributed by atoms with Crippen molar-refractivity contribution in [3.63, 3.8) is 0 Å². The number of fused-ring (bicyclic) bond motifs is 1. The smallest absolute Gasteiger partial charge is 0.333 e. The number of oxime groups is 1. The normalized spacial score (nSPS) is 12.3. The number of hydrogen-bond donors (Lipinski definition) is 1. The Morgan fingerprint density at radius 3 is 2.48 bits per heavy atom. The molecule has 1 aromatic carbocycles. The van der Waals surface area contributed by atoms with Crippen LogP contribution in [0.2, 0.25) is 0 Å². The van der Waals surface area contributed by atoms with Crippen LogP contribution in [-0.4, -0.2) is 56.0 Å². The molecule has 0 bridgehead atoms. The summed E-state index contributed by atoms with van der Waals surface area (Å²) in [7, 11) is 2.74. The number of aryl methyl sites for hydroxylation is 1. The highest BCUT2D eigenvalue weighted by Crippen LogP contribution is 2.31. The monoisotopic (exact) mass is 571 g/mol. The van der Waals surface area contributed by atoms with Crippen LogP contribution in [0.3, 0.4) is 0 Å². The molecule has 0 aliphatic carbocycles. The van der Waals surface area contributed by atoms with Crippen molar-refractivity contribution < 1.29 is 18.8 Å². The van der Waals surface area contributed by atoms with Gasteiger partial charge < -0.3 is 14.9 Å². The van der Waals surface area contributed by atoms with E-state index >= 15 is 0 Å². The summed E-state index contributed by atoms with van der Waals surface area (Å²) in [6, 6.07) is 3.66. The van der Waals surface area contributed by atoms with Crippen LogP contribution in [0.4, 0.5) is 4.39 Å². The highest BCUT2D eigenvalue weighted by molar-refractivity contribution is 7.21. The van der Waals surface area contributed by atoms with Crippen molar-refractivity contribution in [2.45, 2.75) is 52.7 Å². The number of methoxy groups -OCH3 is 1. The fraction of sp³-hybridized carbons (Fsp3) is 0.385. The van der Waals surface area contributed by atoms with Crippen LogP contribution in [-0.2, 0) is 21.7 Å². The lowest BCUT2D eigenvalue weighted by molar-refractivity contribution is -0.129. The Bertz CT molecular complexity index is 1720. The molecule has 0 fully saturated rings. The molecule has 0 saturated heterocycles. The maximum Gasteiger partial charge on any atom is 0.333 e. The van der Waals surface area contributed by atoms with Crippen LogP contribution < -0.4 is 21.3 Å². The molecular formula is C26H30FN7O5S. The van der Waals surface area contributed by atoms with E-state index in [-0.39, 0.29) is 29.2 Å². The molecule has 4 rings (SSSR count). The van der Waals surface area contributed by atoms with Gasteiger partial charge in [-0.1, -0.05) is 16.5 Å². The highest BCUT2D eigenvalue weighted by atomic mass is 32.1. The lowest BCUT2D eigenvalue weighted by Gasteiger charge is -2.27. The molecule has 0 aliphatic heterocycles. The number of hydrogen-bond acceptors (Lipinski definition) is 9. The van der Waals surface area contributed by atoms with E-state index in [4.69, 9.17) is 9.57 Å². The van der Waals surface area contributed by atoms with Crippen LogP contribution in [0.15, 0.2) is 45.3 Å². The van der Waals surface area contributed by atoms with Crippen molar-refractivity contribution in [1.82, 2.24) is 29.4 Å². The third-order valence-corrected chi connectivity index (χ3v) is 7.58. The molecule has 14 heteroatoms. The van der Waals surface area contributed by atoms with Gasteiger partial charge >= 0.3 is 5.69 Å². The zero-order valence-electron chi connectivity index (χ0n) is 23.2. The minimum atomic E-state index is -1.57. The molecule has 0 atom stereocenters. The lowest BCUT2D eigenvalue weighted by Crippen LogP contribution is -2.56. The first-order valence-corrected chi connectivity index (χ1v) is 13.1. The van der Waals surface area contributed by atoms with Gasteiger partial charge in [0.05, 0.1) is 31.4 Å². The van der Waals surface area contributed by atoms with E-state index in [2.05, 4.69) is 20.7 Å². The maximum atomic E-state index is 14.3. The predicted molar refractivity (Wildman–Crippen MR) is 149 cm³/mol. The van der Waals surface area contributed by atoms with Gasteiger partial charge in [-0.05, 0) is 52.8 Å². The van der Waals surface area contributed by atoms with Crippen molar-refractivity contribution in [2.24, 2.45) is 5.16 Å². The van der Waals surface area contributed by atoms with Crippen molar-refractivity contribution in [3.8, 4) is 10.8 Å². The van der Waals surface area contributed by atoms with Gasteiger partial charge in [0, 0.05) is 17.2 Å². The highest BCUT2D eigenvalue weighted by Gasteiger charge is 2.36. The quantitative estimate of drug-likeness (QED) is 0.241. The van der Waals surface area contributed by atoms with Crippen molar-refractivity contribution in [1.29, 1.82) is 0 Å². The largest absolute Gasteiger partial charge is 0.496 e. The number of nitrogens with one attached hydrogen (secondary N) is 1. The molecule has 0 unspecified atom stereocenters. The van der Waals surface area contributed by atoms with E-state index in [1.807, 2.05) is 0 Å². The number of carbonyl (C=O) groups excluding carboxylic acids is 1. The summed E-state index contributed by atoms with van der Waals surface area (Å²) in [5, 5.41) is 15.9. The standard InChI is InChI=1S/C26H30FN7O5S/c1-14(2)30-24(36)26(4,5)33-21(35)20-15(3)22(34-28-10-11-29-34)40-23(20)32(25(33)37)13-18(31-39-7)17-12-16(27)8-9-19(17)38-6/h8-12,14H,13H2,1-7H3,(H,30,36). The third-order valence-electron chi connectivity index (χ3n) is 6.30. The number of benzene rings is 1. The molecular weight excluding hydrogens is 541 g/mol. The van der Waals surface area contributed by atoms with Crippen LogP contribution in [0.1, 0.15) is 38.8 Å². The van der Waals surface area contributed by atoms with Gasteiger partial charge in [-0.15, -0.1) is 4.80 Å². The average molecular weight is 572 g/mol. The summed E-state index contributed by atoms with van der Waals surface area (Å²) < 4.78 is 22.0. The van der Waals surface area contributed by atoms with Crippen molar-refractivity contribution in [2.75, 3.05) is 14.2 Å². The SMILES string of the molecule is CON=C(Cn1c(=O)n(C(C)(C)C(=O)NC(C)C)c(=O)c2c(C)c(-n3nccn3)sc21)c1cc(F)ccc1OC. The van der Waals surface area contributed by atoms with Gasteiger partial charge in [0.2, 0.25) is 5.91 Å². The first-order chi connectivity index (χ1) is 18.9. The maximum absolute atomic E-state index is 14.3. The first kappa shape index (κ1) is 28.7. The summed E-state index contributed by atoms with van der Waals surface area (Å²) in [6.45, 7) is 8.05. The second-order valence-corrected chi connectivity index (χ2v) is 10.8. The molecule has 0 aliphatic rings. The van der Waals surface area contributed by atoms with Gasteiger partial charge in [0.1, 0.15) is 39.8 Å². The number of thiophene rings is 1. The van der Waals surface area contributed by atoms with Crippen LogP contribution in [0.25, 0.3) is 15.2 Å². The fourth-order valence-corrected chi connectivity index (χ4v) is 5.56. The molecule has 3 aromatic heterocycles. The number of halogens is 1. The molecule has 212 valence electrons. The third kappa shape index (κ3) is 5.01. The Kier molecular flexibility index (Phi) is 7.91. The molecule has 0 radical (unpaired) electrons. The topological polar surface area (TPSA) is 135 Å². The van der Waals surface area contributed by atoms with Gasteiger partial charge in [-0.2, -0.15) is 10.2 Å². The van der Waals surface area contributed by atoms with E-state index in [0.717, 1.165) is 15.9 Å². The van der Waals surface area contributed by atoms with Crippen LogP contribution in [0, 0.1) is 12.7 Å². The number of amides is 1. The summed E-state index contributed by atoms with van der Waals surface area (Å²) in [5.74, 6) is -0.755. The molecule has 0 saturated carbocycles. The van der Waals surface area contributed by atoms with Crippen molar-refractivity contribution in [3.05, 3.63) is 68.4 Å². The molecule has 0 spiro atoms. The zero-order chi connectivity index (χ0) is 29.4. The molecule has 12 nitrogen and oxygen atoms in total. The zero-order valence-corrected chi connectivity index (χ0v) is 24.0. The summed E-state index contributed by atoms with van der Waals surface area (Å²) in [4.78, 5) is 48.1. The van der Waals surface area contributed by atoms with Gasteiger partial charge in [0.25, 0.3) is 5.56 Å². The Hall–Kier alpha value is -4.33. The molecule has 40 heavy (non-hydrogen) atoms. The van der Waals surface area contributed by atoms with Gasteiger partial charge in [-0.25, -0.2) is 13.8 Å². The first-order valence-electron chi connectivity index (χ1n) is 12.3. The van der Waals surface area contributed by atoms with E-state index in [1.165, 1.54) is 68.0 Å². The van der Waals surface area contributed by atoms with Crippen LogP contribution in [0.5, 0.6) is 5.75 Å². The van der Waals surface area contributed by atoms with Crippen molar-refractivity contribution >= 4 is 33.2 Å². The minimum Gasteiger partial charge on any atom is -0.496 e. The molecule has 4 aromatic rings. The lowest BCUT2D eigenvalue weighted by atomic mass is 10.0. The molecule has 1 N–H and O–H groups in total. The average Bonchev–Trinajstić information content (AvgIpc) is 3.53. The Balaban J connectivity index is 2.07. The number of aromatic nitrogens is 5. The summed E-state index contributed by atoms with van der Waals surface area (Å²) in [6.07, 6.45) is 2.99. The van der Waals surface area contributed by atoms with E-state index in [9.17, 15) is 18.8 Å². The molecule has 3 heterocycles. The minimum absolute atomic E-state index is 0.154. The Labute approximate surface area is 232 Å². The van der Waals surface area contributed by atoms with E-state index in [0.29, 0.717) is 21.1 Å². The van der Waals surface area contributed by atoms with E-state index in [1.54, 1.807) is 20.8 Å². The number of nitrogens with zero attached hydrogens (tertiary/aromatic N) is 6. The summed E-state index contributed by atoms with van der Waals surface area (Å²) >= 11 is 1.13. The van der Waals surface area contributed by atoms with E-state index < -0.39 is 28.5 Å². The second kappa shape index (κ2) is 11.0. The second-order valence-electron chi connectivity index (χ2n) is 9.79. The predicted octanol–water partition coefficient (Wildman–Crippen LogP) is 2.57.